The van der Waals surface area contributed by atoms with Gasteiger partial charge >= 0.3 is 0 Å². The van der Waals surface area contributed by atoms with Crippen LogP contribution in [0.5, 0.6) is 0 Å². The van der Waals surface area contributed by atoms with E-state index in [1.165, 1.54) is 30.4 Å². The number of hydrogen-bond donors (Lipinski definition) is 1. The molecule has 1 fully saturated rings. The van der Waals surface area contributed by atoms with E-state index < -0.39 is 0 Å². The highest BCUT2D eigenvalue weighted by atomic mass is 14.6. The molecule has 0 bridgehead atoms. The molecule has 1 nitrogen and oxygen atoms in total. The van der Waals surface area contributed by atoms with E-state index >= 15 is 0 Å². The quantitative estimate of drug-likeness (QED) is 0.800. The summed E-state index contributed by atoms with van der Waals surface area (Å²) in [5, 5.41) is 0. The molecule has 0 heterocycles. The van der Waals surface area contributed by atoms with E-state index in [-0.39, 0.29) is 0 Å². The number of benzene rings is 1. The van der Waals surface area contributed by atoms with E-state index in [0.717, 1.165) is 24.8 Å². The Kier molecular flexibility index (Phi) is 3.42. The molecule has 1 saturated carbocycles. The summed E-state index contributed by atoms with van der Waals surface area (Å²) in [5.41, 5.74) is 8.64. The standard InChI is InChI=1S/C14H21N/c1-2-11-3-5-12(6-4-11)9-13-7-8-14(13)10-15/h3-6,13-14H,2,7-10,15H2,1H3. The van der Waals surface area contributed by atoms with Gasteiger partial charge in [-0.2, -0.15) is 0 Å². The van der Waals surface area contributed by atoms with Crippen LogP contribution in [0.2, 0.25) is 0 Å². The van der Waals surface area contributed by atoms with Gasteiger partial charge in [-0.05, 0) is 55.2 Å². The van der Waals surface area contributed by atoms with E-state index in [1.54, 1.807) is 0 Å². The molecule has 1 aliphatic carbocycles. The first-order chi connectivity index (χ1) is 7.33. The third kappa shape index (κ3) is 2.40. The van der Waals surface area contributed by atoms with Crippen molar-refractivity contribution in [2.75, 3.05) is 6.54 Å². The fraction of sp³-hybridized carbons (Fsp3) is 0.571. The number of nitrogens with two attached hydrogens (primary N) is 1. The van der Waals surface area contributed by atoms with E-state index in [0.29, 0.717) is 0 Å². The van der Waals surface area contributed by atoms with Crippen LogP contribution in [0.1, 0.15) is 30.9 Å². The molecule has 1 aromatic carbocycles. The van der Waals surface area contributed by atoms with Crippen LogP contribution in [0.4, 0.5) is 0 Å². The summed E-state index contributed by atoms with van der Waals surface area (Å²) in [7, 11) is 0. The zero-order chi connectivity index (χ0) is 10.7. The molecule has 0 aromatic heterocycles. The summed E-state index contributed by atoms with van der Waals surface area (Å²) in [6.45, 7) is 3.07. The lowest BCUT2D eigenvalue weighted by Gasteiger charge is -2.36. The predicted octanol–water partition coefficient (Wildman–Crippen LogP) is 2.78. The molecule has 1 heteroatoms. The highest BCUT2D eigenvalue weighted by molar-refractivity contribution is 5.23. The van der Waals surface area contributed by atoms with Gasteiger partial charge in [-0.3, -0.25) is 0 Å². The lowest BCUT2D eigenvalue weighted by Crippen LogP contribution is -2.33. The Morgan fingerprint density at radius 1 is 1.07 bits per heavy atom. The minimum Gasteiger partial charge on any atom is -0.330 e. The van der Waals surface area contributed by atoms with Crippen molar-refractivity contribution in [2.45, 2.75) is 32.6 Å². The highest BCUT2D eigenvalue weighted by Gasteiger charge is 2.29. The summed E-state index contributed by atoms with van der Waals surface area (Å²) in [6.07, 6.45) is 5.08. The topological polar surface area (TPSA) is 26.0 Å². The Bertz CT molecular complexity index is 300. The molecule has 15 heavy (non-hydrogen) atoms. The van der Waals surface area contributed by atoms with Crippen LogP contribution in [0.3, 0.4) is 0 Å². The third-order valence-corrected chi connectivity index (χ3v) is 3.81. The molecule has 0 radical (unpaired) electrons. The number of hydrogen-bond acceptors (Lipinski definition) is 1. The Labute approximate surface area is 92.7 Å². The summed E-state index contributed by atoms with van der Waals surface area (Å²) in [5.74, 6) is 1.64. The first-order valence-corrected chi connectivity index (χ1v) is 6.11. The fourth-order valence-corrected chi connectivity index (χ4v) is 2.43. The Morgan fingerprint density at radius 3 is 2.13 bits per heavy atom. The summed E-state index contributed by atoms with van der Waals surface area (Å²) in [6, 6.07) is 9.08. The van der Waals surface area contributed by atoms with Crippen molar-refractivity contribution in [3.05, 3.63) is 35.4 Å². The van der Waals surface area contributed by atoms with Gasteiger partial charge < -0.3 is 5.73 Å². The maximum atomic E-state index is 5.72. The summed E-state index contributed by atoms with van der Waals surface area (Å²) >= 11 is 0. The minimum atomic E-state index is 0.788. The van der Waals surface area contributed by atoms with E-state index in [9.17, 15) is 0 Å². The molecule has 0 saturated heterocycles. The van der Waals surface area contributed by atoms with Crippen LogP contribution in [-0.2, 0) is 12.8 Å². The highest BCUT2D eigenvalue weighted by Crippen LogP contribution is 2.35. The monoisotopic (exact) mass is 203 g/mol. The summed E-state index contributed by atoms with van der Waals surface area (Å²) in [4.78, 5) is 0. The maximum absolute atomic E-state index is 5.72. The van der Waals surface area contributed by atoms with Crippen LogP contribution in [-0.4, -0.2) is 6.54 Å². The molecule has 2 rings (SSSR count). The first-order valence-electron chi connectivity index (χ1n) is 6.11. The van der Waals surface area contributed by atoms with Gasteiger partial charge in [0.25, 0.3) is 0 Å². The van der Waals surface area contributed by atoms with E-state index in [4.69, 9.17) is 5.73 Å². The second-order valence-corrected chi connectivity index (χ2v) is 4.71. The maximum Gasteiger partial charge on any atom is -0.00461 e. The third-order valence-electron chi connectivity index (χ3n) is 3.81. The molecular formula is C14H21N. The van der Waals surface area contributed by atoms with Gasteiger partial charge in [-0.1, -0.05) is 31.2 Å². The first kappa shape index (κ1) is 10.7. The predicted molar refractivity (Wildman–Crippen MR) is 64.8 cm³/mol. The Hall–Kier alpha value is -0.820. The average Bonchev–Trinajstić information content (AvgIpc) is 2.26. The van der Waals surface area contributed by atoms with E-state index in [2.05, 4.69) is 31.2 Å². The lowest BCUT2D eigenvalue weighted by atomic mass is 9.71. The van der Waals surface area contributed by atoms with Crippen LogP contribution in [0, 0.1) is 11.8 Å². The van der Waals surface area contributed by atoms with E-state index in [1.807, 2.05) is 0 Å². The average molecular weight is 203 g/mol. The van der Waals surface area contributed by atoms with Crippen molar-refractivity contribution >= 4 is 0 Å². The van der Waals surface area contributed by atoms with Crippen LogP contribution >= 0.6 is 0 Å². The zero-order valence-electron chi connectivity index (χ0n) is 9.58. The molecule has 2 unspecified atom stereocenters. The fourth-order valence-electron chi connectivity index (χ4n) is 2.43. The zero-order valence-corrected chi connectivity index (χ0v) is 9.58. The van der Waals surface area contributed by atoms with Crippen LogP contribution < -0.4 is 5.73 Å². The molecule has 1 aromatic rings. The molecule has 82 valence electrons. The molecule has 2 atom stereocenters. The van der Waals surface area contributed by atoms with Crippen molar-refractivity contribution in [1.29, 1.82) is 0 Å². The van der Waals surface area contributed by atoms with Crippen molar-refractivity contribution in [2.24, 2.45) is 17.6 Å². The Balaban J connectivity index is 1.93. The largest absolute Gasteiger partial charge is 0.330 e. The van der Waals surface area contributed by atoms with Gasteiger partial charge in [-0.15, -0.1) is 0 Å². The molecular weight excluding hydrogens is 182 g/mol. The normalized spacial score (nSPS) is 24.9. The number of aryl methyl sites for hydroxylation is 1. The van der Waals surface area contributed by atoms with Gasteiger partial charge in [0.05, 0.1) is 0 Å². The van der Waals surface area contributed by atoms with Gasteiger partial charge in [0, 0.05) is 0 Å². The van der Waals surface area contributed by atoms with Gasteiger partial charge in [-0.25, -0.2) is 0 Å². The smallest absolute Gasteiger partial charge is 0.00461 e. The van der Waals surface area contributed by atoms with Gasteiger partial charge in [0.15, 0.2) is 0 Å². The van der Waals surface area contributed by atoms with Gasteiger partial charge in [0.1, 0.15) is 0 Å². The molecule has 0 amide bonds. The lowest BCUT2D eigenvalue weighted by molar-refractivity contribution is 0.183. The van der Waals surface area contributed by atoms with Crippen molar-refractivity contribution in [1.82, 2.24) is 0 Å². The molecule has 2 N–H and O–H groups in total. The molecule has 0 spiro atoms. The SMILES string of the molecule is CCc1ccc(CC2CCC2CN)cc1. The minimum absolute atomic E-state index is 0.788. The van der Waals surface area contributed by atoms with Crippen molar-refractivity contribution < 1.29 is 0 Å². The van der Waals surface area contributed by atoms with Gasteiger partial charge in [0.2, 0.25) is 0 Å². The molecule has 1 aliphatic rings. The Morgan fingerprint density at radius 2 is 1.67 bits per heavy atom. The summed E-state index contributed by atoms with van der Waals surface area (Å²) < 4.78 is 0. The second-order valence-electron chi connectivity index (χ2n) is 4.71. The molecule has 0 aliphatic heterocycles. The van der Waals surface area contributed by atoms with Crippen LogP contribution in [0.15, 0.2) is 24.3 Å². The van der Waals surface area contributed by atoms with Crippen molar-refractivity contribution in [3.63, 3.8) is 0 Å². The van der Waals surface area contributed by atoms with Crippen molar-refractivity contribution in [3.8, 4) is 0 Å². The second kappa shape index (κ2) is 4.80. The number of rotatable bonds is 4. The van der Waals surface area contributed by atoms with Crippen LogP contribution in [0.25, 0.3) is 0 Å².